The van der Waals surface area contributed by atoms with Gasteiger partial charge in [-0.1, -0.05) is 18.2 Å². The Bertz CT molecular complexity index is 1530. The summed E-state index contributed by atoms with van der Waals surface area (Å²) in [5.74, 6) is 0.968. The highest BCUT2D eigenvalue weighted by Gasteiger charge is 2.20. The molecule has 0 atom stereocenters. The first kappa shape index (κ1) is 28.7. The Morgan fingerprint density at radius 1 is 0.949 bits per heavy atom. The van der Waals surface area contributed by atoms with Gasteiger partial charge < -0.3 is 15.6 Å². The standard InChI is InChI=1S/C27H34N6O4S2/c1-32(18-19-38(2,34)35)16-7-6-15-29-33-17-14-24-25(20-33)30-27(31-26(24)28)21-10-12-23(13-11-21)39(36,37)22-8-4-3-5-9-22/h3-5,8-14,17,29H,6-7,15-16,18-20H2,1-2H3,(H2,28,30,31). The molecule has 0 unspecified atom stereocenters. The number of aromatic nitrogens is 2. The molecule has 0 saturated carbocycles. The van der Waals surface area contributed by atoms with Gasteiger partial charge in [-0.2, -0.15) is 0 Å². The van der Waals surface area contributed by atoms with Gasteiger partial charge in [0.05, 0.1) is 27.8 Å². The summed E-state index contributed by atoms with van der Waals surface area (Å²) in [7, 11) is -4.63. The van der Waals surface area contributed by atoms with E-state index in [1.807, 2.05) is 29.2 Å². The normalized spacial score (nSPS) is 13.6. The number of hydrogen-bond donors (Lipinski definition) is 2. The maximum absolute atomic E-state index is 12.9. The fourth-order valence-corrected chi connectivity index (χ4v) is 6.06. The number of unbranched alkanes of at least 4 members (excludes halogenated alkanes) is 1. The fraction of sp³-hybridized carbons (Fsp3) is 0.333. The molecule has 1 aliphatic rings. The van der Waals surface area contributed by atoms with Crippen LogP contribution in [0.15, 0.2) is 70.6 Å². The first-order chi connectivity index (χ1) is 18.5. The summed E-state index contributed by atoms with van der Waals surface area (Å²) >= 11 is 0. The molecule has 1 aliphatic heterocycles. The Kier molecular flexibility index (Phi) is 9.01. The first-order valence-electron chi connectivity index (χ1n) is 12.6. The number of nitrogen functional groups attached to an aromatic ring is 1. The maximum atomic E-state index is 12.9. The fourth-order valence-electron chi connectivity index (χ4n) is 4.14. The van der Waals surface area contributed by atoms with Crippen LogP contribution in [-0.2, 0) is 26.2 Å². The molecule has 2 heterocycles. The van der Waals surface area contributed by atoms with Gasteiger partial charge >= 0.3 is 0 Å². The van der Waals surface area contributed by atoms with Gasteiger partial charge in [0, 0.05) is 36.7 Å². The molecule has 0 bridgehead atoms. The molecular formula is C27H34N6O4S2. The Labute approximate surface area is 230 Å². The van der Waals surface area contributed by atoms with Gasteiger partial charge in [-0.05, 0) is 68.9 Å². The van der Waals surface area contributed by atoms with Crippen molar-refractivity contribution in [1.29, 1.82) is 0 Å². The van der Waals surface area contributed by atoms with Crippen molar-refractivity contribution < 1.29 is 16.8 Å². The van der Waals surface area contributed by atoms with Crippen LogP contribution < -0.4 is 11.2 Å². The number of hydrazine groups is 1. The van der Waals surface area contributed by atoms with Crippen molar-refractivity contribution in [3.63, 3.8) is 0 Å². The zero-order valence-electron chi connectivity index (χ0n) is 22.1. The van der Waals surface area contributed by atoms with Gasteiger partial charge in [-0.25, -0.2) is 32.2 Å². The summed E-state index contributed by atoms with van der Waals surface area (Å²) in [6, 6.07) is 14.8. The van der Waals surface area contributed by atoms with Crippen LogP contribution in [0.25, 0.3) is 17.5 Å². The van der Waals surface area contributed by atoms with Gasteiger partial charge in [-0.3, -0.25) is 0 Å². The average Bonchev–Trinajstić information content (AvgIpc) is 2.91. The molecule has 0 saturated heterocycles. The maximum Gasteiger partial charge on any atom is 0.206 e. The van der Waals surface area contributed by atoms with Gasteiger partial charge in [-0.15, -0.1) is 0 Å². The summed E-state index contributed by atoms with van der Waals surface area (Å²) in [5.41, 5.74) is 11.8. The minimum Gasteiger partial charge on any atom is -0.383 e. The minimum atomic E-state index is -3.61. The molecule has 3 aromatic rings. The van der Waals surface area contributed by atoms with Gasteiger partial charge in [0.1, 0.15) is 15.7 Å². The number of benzene rings is 2. The Morgan fingerprint density at radius 3 is 2.33 bits per heavy atom. The molecule has 0 radical (unpaired) electrons. The van der Waals surface area contributed by atoms with Crippen molar-refractivity contribution >= 4 is 31.6 Å². The summed E-state index contributed by atoms with van der Waals surface area (Å²) < 4.78 is 48.4. The zero-order chi connectivity index (χ0) is 28.0. The predicted molar refractivity (Wildman–Crippen MR) is 153 cm³/mol. The second kappa shape index (κ2) is 12.2. The van der Waals surface area contributed by atoms with Gasteiger partial charge in [0.2, 0.25) is 9.84 Å². The van der Waals surface area contributed by atoms with Crippen LogP contribution in [0.1, 0.15) is 24.1 Å². The molecule has 4 rings (SSSR count). The van der Waals surface area contributed by atoms with Gasteiger partial charge in [0.25, 0.3) is 0 Å². The molecule has 0 fully saturated rings. The lowest BCUT2D eigenvalue weighted by atomic mass is 10.1. The molecule has 0 aliphatic carbocycles. The van der Waals surface area contributed by atoms with E-state index in [9.17, 15) is 16.8 Å². The molecular weight excluding hydrogens is 536 g/mol. The summed E-state index contributed by atoms with van der Waals surface area (Å²) in [6.07, 6.45) is 6.90. The number of nitrogens with two attached hydrogens (primary N) is 1. The van der Waals surface area contributed by atoms with Crippen molar-refractivity contribution in [3.05, 3.63) is 72.1 Å². The van der Waals surface area contributed by atoms with E-state index in [-0.39, 0.29) is 15.5 Å². The lowest BCUT2D eigenvalue weighted by Crippen LogP contribution is -2.36. The quantitative estimate of drug-likeness (QED) is 0.313. The number of rotatable bonds is 12. The number of hydrogen-bond acceptors (Lipinski definition) is 10. The second-order valence-corrected chi connectivity index (χ2v) is 13.8. The highest BCUT2D eigenvalue weighted by atomic mass is 32.2. The molecule has 10 nitrogen and oxygen atoms in total. The molecule has 12 heteroatoms. The predicted octanol–water partition coefficient (Wildman–Crippen LogP) is 2.61. The van der Waals surface area contributed by atoms with E-state index in [0.717, 1.165) is 37.2 Å². The molecule has 1 aromatic heterocycles. The highest BCUT2D eigenvalue weighted by molar-refractivity contribution is 7.91. The minimum absolute atomic E-state index is 0.170. The molecule has 0 spiro atoms. The molecule has 3 N–H and O–H groups in total. The molecule has 2 aromatic carbocycles. The Hall–Kier alpha value is -3.32. The van der Waals surface area contributed by atoms with Crippen LogP contribution in [0.4, 0.5) is 5.82 Å². The number of nitrogens with one attached hydrogen (secondary N) is 1. The summed E-state index contributed by atoms with van der Waals surface area (Å²) in [5, 5.41) is 1.95. The summed E-state index contributed by atoms with van der Waals surface area (Å²) in [4.78, 5) is 11.6. The van der Waals surface area contributed by atoms with E-state index in [1.165, 1.54) is 6.26 Å². The third kappa shape index (κ3) is 7.63. The van der Waals surface area contributed by atoms with E-state index in [4.69, 9.17) is 10.7 Å². The van der Waals surface area contributed by atoms with Crippen molar-refractivity contribution in [1.82, 2.24) is 25.3 Å². The largest absolute Gasteiger partial charge is 0.383 e. The van der Waals surface area contributed by atoms with Gasteiger partial charge in [0.15, 0.2) is 5.82 Å². The van der Waals surface area contributed by atoms with Crippen LogP contribution >= 0.6 is 0 Å². The number of fused-ring (bicyclic) bond motifs is 1. The van der Waals surface area contributed by atoms with Crippen LogP contribution in [0.2, 0.25) is 0 Å². The Balaban J connectivity index is 1.35. The number of sulfone groups is 2. The van der Waals surface area contributed by atoms with E-state index in [2.05, 4.69) is 10.4 Å². The second-order valence-electron chi connectivity index (χ2n) is 9.63. The van der Waals surface area contributed by atoms with Crippen molar-refractivity contribution in [2.45, 2.75) is 29.2 Å². The van der Waals surface area contributed by atoms with Crippen molar-refractivity contribution in [2.75, 3.05) is 44.4 Å². The average molecular weight is 571 g/mol. The van der Waals surface area contributed by atoms with Crippen LogP contribution in [0.3, 0.4) is 0 Å². The molecule has 208 valence electrons. The topological polar surface area (TPSA) is 139 Å². The van der Waals surface area contributed by atoms with Crippen LogP contribution in [0, 0.1) is 0 Å². The lowest BCUT2D eigenvalue weighted by molar-refractivity contribution is 0.250. The smallest absolute Gasteiger partial charge is 0.206 e. The number of anilines is 1. The Morgan fingerprint density at radius 2 is 1.64 bits per heavy atom. The highest BCUT2D eigenvalue weighted by Crippen LogP contribution is 2.27. The lowest BCUT2D eigenvalue weighted by Gasteiger charge is -2.26. The SMILES string of the molecule is CN(CCCCNN1C=Cc2c(N)nc(-c3ccc(S(=O)(=O)c4ccccc4)cc3)nc2C1)CCS(C)(=O)=O. The van der Waals surface area contributed by atoms with Crippen LogP contribution in [0.5, 0.6) is 0 Å². The molecule has 0 amide bonds. The van der Waals surface area contributed by atoms with E-state index < -0.39 is 19.7 Å². The van der Waals surface area contributed by atoms with E-state index >= 15 is 0 Å². The monoisotopic (exact) mass is 570 g/mol. The van der Waals surface area contributed by atoms with E-state index in [1.54, 1.807) is 54.6 Å². The number of nitrogens with zero attached hydrogens (tertiary/aromatic N) is 4. The molecule has 39 heavy (non-hydrogen) atoms. The van der Waals surface area contributed by atoms with Crippen molar-refractivity contribution in [2.24, 2.45) is 0 Å². The van der Waals surface area contributed by atoms with E-state index in [0.29, 0.717) is 30.3 Å². The third-order valence-electron chi connectivity index (χ3n) is 6.40. The van der Waals surface area contributed by atoms with Crippen LogP contribution in [-0.4, -0.2) is 75.4 Å². The summed E-state index contributed by atoms with van der Waals surface area (Å²) in [6.45, 7) is 2.62. The third-order valence-corrected chi connectivity index (χ3v) is 9.11. The van der Waals surface area contributed by atoms with Crippen molar-refractivity contribution in [3.8, 4) is 11.4 Å². The zero-order valence-corrected chi connectivity index (χ0v) is 23.7. The first-order valence-corrected chi connectivity index (χ1v) is 16.2.